The van der Waals surface area contributed by atoms with Gasteiger partial charge in [0.15, 0.2) is 5.96 Å². The summed E-state index contributed by atoms with van der Waals surface area (Å²) in [5, 5.41) is 0. The first-order chi connectivity index (χ1) is 5.57. The van der Waals surface area contributed by atoms with Gasteiger partial charge in [-0.2, -0.15) is 0 Å². The van der Waals surface area contributed by atoms with Crippen molar-refractivity contribution >= 4 is 5.96 Å². The molecular formula is C8H19N3O. The van der Waals surface area contributed by atoms with Crippen LogP contribution in [0.4, 0.5) is 0 Å². The van der Waals surface area contributed by atoms with E-state index >= 15 is 0 Å². The Morgan fingerprint density at radius 2 is 2.17 bits per heavy atom. The molecule has 0 amide bonds. The van der Waals surface area contributed by atoms with Crippen molar-refractivity contribution in [2.24, 2.45) is 10.7 Å². The Balaban J connectivity index is 3.83. The molecule has 2 N–H and O–H groups in total. The summed E-state index contributed by atoms with van der Waals surface area (Å²) in [4.78, 5) is 6.07. The van der Waals surface area contributed by atoms with Crippen molar-refractivity contribution in [1.82, 2.24) is 4.90 Å². The van der Waals surface area contributed by atoms with Crippen LogP contribution in [-0.4, -0.2) is 44.2 Å². The highest BCUT2D eigenvalue weighted by Crippen LogP contribution is 1.89. The summed E-state index contributed by atoms with van der Waals surface area (Å²) in [5.74, 6) is 0.571. The Morgan fingerprint density at radius 1 is 1.58 bits per heavy atom. The van der Waals surface area contributed by atoms with Crippen LogP contribution in [0, 0.1) is 0 Å². The second kappa shape index (κ2) is 5.83. The number of nitrogens with zero attached hydrogens (tertiary/aromatic N) is 2. The molecule has 12 heavy (non-hydrogen) atoms. The summed E-state index contributed by atoms with van der Waals surface area (Å²) < 4.78 is 4.92. The monoisotopic (exact) mass is 173 g/mol. The molecule has 0 radical (unpaired) electrons. The van der Waals surface area contributed by atoms with Gasteiger partial charge in [0, 0.05) is 26.7 Å². The van der Waals surface area contributed by atoms with Crippen molar-refractivity contribution in [2.75, 3.05) is 27.3 Å². The van der Waals surface area contributed by atoms with Crippen LogP contribution in [0.2, 0.25) is 0 Å². The maximum Gasteiger partial charge on any atom is 0.191 e. The van der Waals surface area contributed by atoms with Crippen molar-refractivity contribution < 1.29 is 4.74 Å². The zero-order valence-corrected chi connectivity index (χ0v) is 8.37. The molecule has 0 aromatic carbocycles. The van der Waals surface area contributed by atoms with E-state index in [2.05, 4.69) is 4.99 Å². The first kappa shape index (κ1) is 11.2. The minimum Gasteiger partial charge on any atom is -0.383 e. The minimum atomic E-state index is 0.245. The van der Waals surface area contributed by atoms with E-state index in [1.807, 2.05) is 25.8 Å². The van der Waals surface area contributed by atoms with Crippen molar-refractivity contribution in [1.29, 1.82) is 0 Å². The van der Waals surface area contributed by atoms with Crippen LogP contribution in [0.25, 0.3) is 0 Å². The lowest BCUT2D eigenvalue weighted by atomic mass is 10.4. The summed E-state index contributed by atoms with van der Waals surface area (Å²) in [6.07, 6.45) is 0. The smallest absolute Gasteiger partial charge is 0.191 e. The number of hydrogen-bond acceptors (Lipinski definition) is 2. The number of nitrogens with two attached hydrogens (primary N) is 1. The topological polar surface area (TPSA) is 50.9 Å². The minimum absolute atomic E-state index is 0.245. The first-order valence-electron chi connectivity index (χ1n) is 4.11. The van der Waals surface area contributed by atoms with Crippen LogP contribution in [0.1, 0.15) is 13.8 Å². The van der Waals surface area contributed by atoms with E-state index in [9.17, 15) is 0 Å². The van der Waals surface area contributed by atoms with Crippen LogP contribution in [0.3, 0.4) is 0 Å². The fourth-order valence-electron chi connectivity index (χ4n) is 0.706. The lowest BCUT2D eigenvalue weighted by molar-refractivity contribution is 0.182. The molecule has 0 atom stereocenters. The van der Waals surface area contributed by atoms with Gasteiger partial charge in [-0.15, -0.1) is 0 Å². The summed E-state index contributed by atoms with van der Waals surface area (Å²) in [7, 11) is 3.57. The number of rotatable bonds is 4. The van der Waals surface area contributed by atoms with E-state index in [0.29, 0.717) is 12.6 Å². The molecule has 0 saturated carbocycles. The molecule has 72 valence electrons. The third-order valence-corrected chi connectivity index (χ3v) is 1.41. The van der Waals surface area contributed by atoms with Crippen molar-refractivity contribution in [3.8, 4) is 0 Å². The number of likely N-dealkylation sites (N-methyl/N-ethyl adjacent to an activating group) is 1. The fourth-order valence-corrected chi connectivity index (χ4v) is 0.706. The van der Waals surface area contributed by atoms with E-state index in [0.717, 1.165) is 6.54 Å². The molecule has 0 aliphatic heterocycles. The molecule has 0 rings (SSSR count). The van der Waals surface area contributed by atoms with Gasteiger partial charge < -0.3 is 15.4 Å². The first-order valence-corrected chi connectivity index (χ1v) is 4.11. The molecule has 0 aromatic rings. The van der Waals surface area contributed by atoms with Crippen molar-refractivity contribution in [2.45, 2.75) is 19.9 Å². The van der Waals surface area contributed by atoms with Gasteiger partial charge in [-0.3, -0.25) is 4.99 Å². The molecule has 4 nitrogen and oxygen atoms in total. The Kier molecular flexibility index (Phi) is 5.45. The molecule has 0 fully saturated rings. The van der Waals surface area contributed by atoms with Gasteiger partial charge in [-0.05, 0) is 13.8 Å². The highest BCUT2D eigenvalue weighted by molar-refractivity contribution is 5.77. The molecule has 0 aromatic heterocycles. The molecule has 0 unspecified atom stereocenters. The lowest BCUT2D eigenvalue weighted by Crippen LogP contribution is -2.36. The molecule has 0 bridgehead atoms. The third-order valence-electron chi connectivity index (χ3n) is 1.41. The number of ether oxygens (including phenoxy) is 1. The number of aliphatic imine (C=N–C) groups is 1. The molecule has 0 spiro atoms. The van der Waals surface area contributed by atoms with Gasteiger partial charge in [0.1, 0.15) is 0 Å². The Bertz CT molecular complexity index is 145. The standard InChI is InChI=1S/C8H19N3O/c1-7(2)10-8(9)11(3)5-6-12-4/h7H,5-6H2,1-4H3,(H2,9,10). The normalized spacial score (nSPS) is 12.2. The molecule has 0 aliphatic rings. The highest BCUT2D eigenvalue weighted by Gasteiger charge is 2.00. The SMILES string of the molecule is COCCN(C)C(N)=NC(C)C. The summed E-state index contributed by atoms with van der Waals surface area (Å²) in [6.45, 7) is 5.44. The Morgan fingerprint density at radius 3 is 2.58 bits per heavy atom. The quantitative estimate of drug-likeness (QED) is 0.491. The summed E-state index contributed by atoms with van der Waals surface area (Å²) >= 11 is 0. The molecule has 4 heteroatoms. The largest absolute Gasteiger partial charge is 0.383 e. The fraction of sp³-hybridized carbons (Fsp3) is 0.875. The van der Waals surface area contributed by atoms with Gasteiger partial charge in [0.25, 0.3) is 0 Å². The van der Waals surface area contributed by atoms with E-state index in [4.69, 9.17) is 10.5 Å². The van der Waals surface area contributed by atoms with Gasteiger partial charge >= 0.3 is 0 Å². The molecular weight excluding hydrogens is 154 g/mol. The number of hydrogen-bond donors (Lipinski definition) is 1. The predicted octanol–water partition coefficient (Wildman–Crippen LogP) is 0.288. The Labute approximate surface area is 74.4 Å². The van der Waals surface area contributed by atoms with Crippen LogP contribution in [0.5, 0.6) is 0 Å². The lowest BCUT2D eigenvalue weighted by Gasteiger charge is -2.17. The highest BCUT2D eigenvalue weighted by atomic mass is 16.5. The van der Waals surface area contributed by atoms with E-state index in [1.54, 1.807) is 7.11 Å². The predicted molar refractivity (Wildman–Crippen MR) is 51.3 cm³/mol. The average Bonchev–Trinajstić information content (AvgIpc) is 1.98. The second-order valence-corrected chi connectivity index (χ2v) is 3.00. The van der Waals surface area contributed by atoms with Crippen molar-refractivity contribution in [3.63, 3.8) is 0 Å². The van der Waals surface area contributed by atoms with E-state index in [-0.39, 0.29) is 6.04 Å². The number of guanidine groups is 1. The number of methoxy groups -OCH3 is 1. The third kappa shape index (κ3) is 4.96. The van der Waals surface area contributed by atoms with Gasteiger partial charge in [0.2, 0.25) is 0 Å². The van der Waals surface area contributed by atoms with Crippen LogP contribution < -0.4 is 5.73 Å². The van der Waals surface area contributed by atoms with E-state index < -0.39 is 0 Å². The zero-order chi connectivity index (χ0) is 9.56. The van der Waals surface area contributed by atoms with Gasteiger partial charge in [-0.1, -0.05) is 0 Å². The molecule has 0 heterocycles. The molecule has 0 saturated heterocycles. The maximum absolute atomic E-state index is 5.68. The van der Waals surface area contributed by atoms with Crippen LogP contribution >= 0.6 is 0 Å². The molecule has 0 aliphatic carbocycles. The summed E-state index contributed by atoms with van der Waals surface area (Å²) in [5.41, 5.74) is 5.68. The Hall–Kier alpha value is -0.770. The van der Waals surface area contributed by atoms with Gasteiger partial charge in [-0.25, -0.2) is 0 Å². The van der Waals surface area contributed by atoms with Crippen LogP contribution in [-0.2, 0) is 4.74 Å². The maximum atomic E-state index is 5.68. The average molecular weight is 173 g/mol. The van der Waals surface area contributed by atoms with E-state index in [1.165, 1.54) is 0 Å². The zero-order valence-electron chi connectivity index (χ0n) is 8.37. The second-order valence-electron chi connectivity index (χ2n) is 3.00. The van der Waals surface area contributed by atoms with Gasteiger partial charge in [0.05, 0.1) is 6.61 Å². The van der Waals surface area contributed by atoms with Crippen LogP contribution in [0.15, 0.2) is 4.99 Å². The summed E-state index contributed by atoms with van der Waals surface area (Å²) in [6, 6.07) is 0.245. The van der Waals surface area contributed by atoms with Crippen molar-refractivity contribution in [3.05, 3.63) is 0 Å².